The maximum Gasteiger partial charge on any atom is 0.412 e. The van der Waals surface area contributed by atoms with E-state index in [9.17, 15) is 9.59 Å². The lowest BCUT2D eigenvalue weighted by molar-refractivity contribution is 0.0636. The van der Waals surface area contributed by atoms with Crippen molar-refractivity contribution in [1.82, 2.24) is 9.97 Å². The maximum atomic E-state index is 12.6. The summed E-state index contributed by atoms with van der Waals surface area (Å²) >= 11 is 0. The van der Waals surface area contributed by atoms with E-state index in [0.717, 1.165) is 5.69 Å². The molecular formula is C18H22N4O3. The van der Waals surface area contributed by atoms with Crippen molar-refractivity contribution in [3.05, 3.63) is 47.5 Å². The summed E-state index contributed by atoms with van der Waals surface area (Å²) in [7, 11) is 0. The van der Waals surface area contributed by atoms with Gasteiger partial charge in [-0.05, 0) is 58.9 Å². The van der Waals surface area contributed by atoms with Gasteiger partial charge in [-0.1, -0.05) is 0 Å². The average Bonchev–Trinajstić information content (AvgIpc) is 2.47. The lowest BCUT2D eigenvalue weighted by atomic mass is 10.2. The molecule has 7 nitrogen and oxygen atoms in total. The minimum Gasteiger partial charge on any atom is -0.444 e. The topological polar surface area (TPSA) is 93.2 Å². The van der Waals surface area contributed by atoms with Crippen LogP contribution in [-0.4, -0.2) is 27.6 Å². The third kappa shape index (κ3) is 5.56. The van der Waals surface area contributed by atoms with Gasteiger partial charge in [0.2, 0.25) is 0 Å². The number of aryl methyl sites for hydroxylation is 2. The van der Waals surface area contributed by atoms with Gasteiger partial charge >= 0.3 is 6.09 Å². The largest absolute Gasteiger partial charge is 0.444 e. The molecule has 0 aliphatic rings. The number of aromatic nitrogens is 2. The molecular weight excluding hydrogens is 320 g/mol. The van der Waals surface area contributed by atoms with E-state index >= 15 is 0 Å². The number of nitrogens with zero attached hydrogens (tertiary/aromatic N) is 2. The Morgan fingerprint density at radius 3 is 2.40 bits per heavy atom. The number of nitrogens with one attached hydrogen (secondary N) is 2. The van der Waals surface area contributed by atoms with E-state index in [1.807, 2.05) is 6.92 Å². The Hall–Kier alpha value is -2.96. The zero-order chi connectivity index (χ0) is 18.6. The second kappa shape index (κ2) is 7.29. The summed E-state index contributed by atoms with van der Waals surface area (Å²) in [5.74, 6) is -0.430. The Balaban J connectivity index is 2.23. The van der Waals surface area contributed by atoms with E-state index in [-0.39, 0.29) is 11.4 Å². The molecule has 2 heterocycles. The van der Waals surface area contributed by atoms with Gasteiger partial charge in [0.1, 0.15) is 5.60 Å². The SMILES string of the molecule is Cc1cc(NC(=O)c2nc(C)ccc2NC(=O)OC(C)(C)C)ccn1. The summed E-state index contributed by atoms with van der Waals surface area (Å²) in [6.07, 6.45) is 0.959. The number of amides is 2. The van der Waals surface area contributed by atoms with Crippen molar-refractivity contribution >= 4 is 23.4 Å². The second-order valence-corrected chi connectivity index (χ2v) is 6.62. The third-order valence-corrected chi connectivity index (χ3v) is 3.04. The maximum absolute atomic E-state index is 12.6. The number of rotatable bonds is 3. The highest BCUT2D eigenvalue weighted by atomic mass is 16.6. The standard InChI is InChI=1S/C18H22N4O3/c1-11-6-7-14(22-17(24)25-18(3,4)5)15(20-11)16(23)21-13-8-9-19-12(2)10-13/h6-10H,1-5H3,(H,22,24)(H,19,21,23). The fourth-order valence-electron chi connectivity index (χ4n) is 2.06. The molecule has 0 fully saturated rings. The van der Waals surface area contributed by atoms with Crippen LogP contribution in [0.2, 0.25) is 0 Å². The van der Waals surface area contributed by atoms with Crippen molar-refractivity contribution in [1.29, 1.82) is 0 Å². The molecule has 0 atom stereocenters. The molecule has 0 saturated carbocycles. The Bertz CT molecular complexity index is 797. The first kappa shape index (κ1) is 18.4. The molecule has 0 aromatic carbocycles. The highest BCUT2D eigenvalue weighted by molar-refractivity contribution is 6.08. The Kier molecular flexibility index (Phi) is 5.36. The molecule has 0 aliphatic carbocycles. The zero-order valence-corrected chi connectivity index (χ0v) is 15.0. The fourth-order valence-corrected chi connectivity index (χ4v) is 2.06. The van der Waals surface area contributed by atoms with Crippen LogP contribution in [0.1, 0.15) is 42.6 Å². The smallest absolute Gasteiger partial charge is 0.412 e. The van der Waals surface area contributed by atoms with Crippen molar-refractivity contribution < 1.29 is 14.3 Å². The first-order chi connectivity index (χ1) is 11.6. The molecule has 0 spiro atoms. The fraction of sp³-hybridized carbons (Fsp3) is 0.333. The predicted molar refractivity (Wildman–Crippen MR) is 95.8 cm³/mol. The normalized spacial score (nSPS) is 10.9. The van der Waals surface area contributed by atoms with Crippen molar-refractivity contribution in [3.8, 4) is 0 Å². The molecule has 2 rings (SSSR count). The van der Waals surface area contributed by atoms with E-state index in [4.69, 9.17) is 4.74 Å². The summed E-state index contributed by atoms with van der Waals surface area (Å²) in [4.78, 5) is 32.9. The summed E-state index contributed by atoms with van der Waals surface area (Å²) in [5, 5.41) is 5.33. The van der Waals surface area contributed by atoms with Crippen LogP contribution in [0.5, 0.6) is 0 Å². The number of ether oxygens (including phenoxy) is 1. The van der Waals surface area contributed by atoms with Gasteiger partial charge in [-0.2, -0.15) is 0 Å². The minimum atomic E-state index is -0.646. The Morgan fingerprint density at radius 1 is 1.04 bits per heavy atom. The van der Waals surface area contributed by atoms with E-state index in [2.05, 4.69) is 20.6 Å². The van der Waals surface area contributed by atoms with Gasteiger partial charge in [-0.3, -0.25) is 15.1 Å². The highest BCUT2D eigenvalue weighted by Crippen LogP contribution is 2.18. The van der Waals surface area contributed by atoms with E-state index in [1.165, 1.54) is 0 Å². The quantitative estimate of drug-likeness (QED) is 0.887. The lowest BCUT2D eigenvalue weighted by Gasteiger charge is -2.20. The van der Waals surface area contributed by atoms with Crippen LogP contribution in [-0.2, 0) is 4.74 Å². The molecule has 0 aliphatic heterocycles. The van der Waals surface area contributed by atoms with Crippen LogP contribution in [0.4, 0.5) is 16.2 Å². The predicted octanol–water partition coefficient (Wildman–Crippen LogP) is 3.69. The lowest BCUT2D eigenvalue weighted by Crippen LogP contribution is -2.28. The summed E-state index contributed by atoms with van der Waals surface area (Å²) in [5.41, 5.74) is 1.79. The van der Waals surface area contributed by atoms with E-state index in [0.29, 0.717) is 11.4 Å². The first-order valence-corrected chi connectivity index (χ1v) is 7.86. The summed E-state index contributed by atoms with van der Waals surface area (Å²) < 4.78 is 5.22. The first-order valence-electron chi connectivity index (χ1n) is 7.86. The van der Waals surface area contributed by atoms with Gasteiger partial charge in [0.25, 0.3) is 5.91 Å². The van der Waals surface area contributed by atoms with Crippen LogP contribution in [0.3, 0.4) is 0 Å². The molecule has 7 heteroatoms. The van der Waals surface area contributed by atoms with Crippen molar-refractivity contribution in [2.45, 2.75) is 40.2 Å². The van der Waals surface area contributed by atoms with Crippen LogP contribution in [0, 0.1) is 13.8 Å². The second-order valence-electron chi connectivity index (χ2n) is 6.62. The molecule has 25 heavy (non-hydrogen) atoms. The average molecular weight is 342 g/mol. The summed E-state index contributed by atoms with van der Waals surface area (Å²) in [6, 6.07) is 6.76. The molecule has 2 amide bonds. The van der Waals surface area contributed by atoms with Gasteiger partial charge < -0.3 is 10.1 Å². The van der Waals surface area contributed by atoms with Crippen LogP contribution in [0.25, 0.3) is 0 Å². The minimum absolute atomic E-state index is 0.111. The summed E-state index contributed by atoms with van der Waals surface area (Å²) in [6.45, 7) is 8.89. The molecule has 2 N–H and O–H groups in total. The van der Waals surface area contributed by atoms with Gasteiger partial charge in [0, 0.05) is 23.3 Å². The van der Waals surface area contributed by atoms with E-state index in [1.54, 1.807) is 58.2 Å². The zero-order valence-electron chi connectivity index (χ0n) is 15.0. The van der Waals surface area contributed by atoms with E-state index < -0.39 is 17.6 Å². The van der Waals surface area contributed by atoms with Crippen LogP contribution >= 0.6 is 0 Å². The highest BCUT2D eigenvalue weighted by Gasteiger charge is 2.20. The molecule has 2 aromatic rings. The third-order valence-electron chi connectivity index (χ3n) is 3.04. The number of carbonyl (C=O) groups excluding carboxylic acids is 2. The number of hydrogen-bond donors (Lipinski definition) is 2. The molecule has 0 bridgehead atoms. The van der Waals surface area contributed by atoms with Crippen molar-refractivity contribution in [2.24, 2.45) is 0 Å². The van der Waals surface area contributed by atoms with Gasteiger partial charge in [0.15, 0.2) is 5.69 Å². The molecule has 0 unspecified atom stereocenters. The Morgan fingerprint density at radius 2 is 1.76 bits per heavy atom. The molecule has 2 aromatic heterocycles. The van der Waals surface area contributed by atoms with Gasteiger partial charge in [-0.25, -0.2) is 9.78 Å². The molecule has 132 valence electrons. The van der Waals surface area contributed by atoms with Crippen molar-refractivity contribution in [2.75, 3.05) is 10.6 Å². The number of carbonyl (C=O) groups is 2. The molecule has 0 radical (unpaired) electrons. The van der Waals surface area contributed by atoms with Crippen LogP contribution < -0.4 is 10.6 Å². The number of anilines is 2. The van der Waals surface area contributed by atoms with Gasteiger partial charge in [-0.15, -0.1) is 0 Å². The number of hydrogen-bond acceptors (Lipinski definition) is 5. The Labute approximate surface area is 146 Å². The van der Waals surface area contributed by atoms with Crippen molar-refractivity contribution in [3.63, 3.8) is 0 Å². The van der Waals surface area contributed by atoms with Gasteiger partial charge in [0.05, 0.1) is 5.69 Å². The van der Waals surface area contributed by atoms with Crippen LogP contribution in [0.15, 0.2) is 30.5 Å². The monoisotopic (exact) mass is 342 g/mol. The number of pyridine rings is 2. The molecule has 0 saturated heterocycles.